The van der Waals surface area contributed by atoms with Crippen molar-refractivity contribution < 1.29 is 30.3 Å². The number of unbranched alkanes of at least 4 members (excludes halogenated alkanes) is 4. The zero-order chi connectivity index (χ0) is 14.5. The van der Waals surface area contributed by atoms with Gasteiger partial charge in [0.25, 0.3) is 0 Å². The molecule has 0 amide bonds. The molecule has 0 saturated carbocycles. The van der Waals surface area contributed by atoms with Gasteiger partial charge >= 0.3 is 0 Å². The molecule has 0 aliphatic carbocycles. The summed E-state index contributed by atoms with van der Waals surface area (Å²) in [5, 5.41) is 48.3. The maximum absolute atomic E-state index is 10.2. The normalized spacial score (nSPS) is 39.5. The zero-order valence-corrected chi connectivity index (χ0v) is 11.4. The Morgan fingerprint density at radius 3 is 2.21 bits per heavy atom. The lowest BCUT2D eigenvalue weighted by atomic mass is 9.89. The molecule has 114 valence electrons. The molecule has 0 bridgehead atoms. The molecule has 0 spiro atoms. The summed E-state index contributed by atoms with van der Waals surface area (Å²) in [7, 11) is 0. The Morgan fingerprint density at radius 1 is 1.00 bits per heavy atom. The van der Waals surface area contributed by atoms with Crippen molar-refractivity contribution >= 4 is 0 Å². The summed E-state index contributed by atoms with van der Waals surface area (Å²) in [6.45, 7) is 1.58. The van der Waals surface area contributed by atoms with Crippen molar-refractivity contribution in [3.8, 4) is 0 Å². The van der Waals surface area contributed by atoms with Crippen molar-refractivity contribution in [2.24, 2.45) is 0 Å². The lowest BCUT2D eigenvalue weighted by molar-refractivity contribution is -0.351. The van der Waals surface area contributed by atoms with Gasteiger partial charge in [0.05, 0.1) is 6.61 Å². The van der Waals surface area contributed by atoms with Crippen LogP contribution < -0.4 is 0 Å². The van der Waals surface area contributed by atoms with E-state index in [1.807, 2.05) is 0 Å². The van der Waals surface area contributed by atoms with E-state index in [9.17, 15) is 20.4 Å². The van der Waals surface area contributed by atoms with E-state index in [1.54, 1.807) is 0 Å². The van der Waals surface area contributed by atoms with Crippen molar-refractivity contribution in [1.29, 1.82) is 0 Å². The predicted molar refractivity (Wildman–Crippen MR) is 68.3 cm³/mol. The van der Waals surface area contributed by atoms with E-state index in [2.05, 4.69) is 6.92 Å². The van der Waals surface area contributed by atoms with Crippen LogP contribution in [0.1, 0.15) is 45.4 Å². The van der Waals surface area contributed by atoms with Crippen LogP contribution in [-0.4, -0.2) is 62.3 Å². The first kappa shape index (κ1) is 16.8. The Hall–Kier alpha value is -0.240. The number of aliphatic hydroxyl groups excluding tert-OH is 4. The van der Waals surface area contributed by atoms with Gasteiger partial charge in [-0.3, -0.25) is 0 Å². The van der Waals surface area contributed by atoms with Gasteiger partial charge in [0.2, 0.25) is 0 Å². The maximum Gasteiger partial charge on any atom is 0.195 e. The number of rotatable bonds is 7. The van der Waals surface area contributed by atoms with Crippen LogP contribution in [0.5, 0.6) is 0 Å². The van der Waals surface area contributed by atoms with E-state index in [0.717, 1.165) is 25.7 Å². The van der Waals surface area contributed by atoms with E-state index in [0.29, 0.717) is 6.42 Å². The molecule has 1 heterocycles. The minimum Gasteiger partial charge on any atom is -0.394 e. The average Bonchev–Trinajstić information content (AvgIpc) is 2.41. The van der Waals surface area contributed by atoms with Gasteiger partial charge in [-0.25, -0.2) is 0 Å². The zero-order valence-electron chi connectivity index (χ0n) is 11.4. The fourth-order valence-electron chi connectivity index (χ4n) is 2.41. The van der Waals surface area contributed by atoms with Crippen LogP contribution >= 0.6 is 0 Å². The minimum atomic E-state index is -1.90. The Kier molecular flexibility index (Phi) is 6.65. The van der Waals surface area contributed by atoms with Gasteiger partial charge in [-0.2, -0.15) is 0 Å². The van der Waals surface area contributed by atoms with Gasteiger partial charge in [0.1, 0.15) is 24.4 Å². The molecule has 1 aliphatic heterocycles. The molecule has 1 rings (SSSR count). The summed E-state index contributed by atoms with van der Waals surface area (Å²) < 4.78 is 5.17. The molecule has 0 aromatic heterocycles. The largest absolute Gasteiger partial charge is 0.394 e. The Bertz CT molecular complexity index is 260. The van der Waals surface area contributed by atoms with Crippen molar-refractivity contribution in [3.05, 3.63) is 0 Å². The van der Waals surface area contributed by atoms with Gasteiger partial charge in [-0.1, -0.05) is 32.6 Å². The number of aliphatic hydroxyl groups is 5. The Morgan fingerprint density at radius 2 is 1.63 bits per heavy atom. The third-order valence-corrected chi connectivity index (χ3v) is 3.69. The third-order valence-electron chi connectivity index (χ3n) is 3.69. The highest BCUT2D eigenvalue weighted by Gasteiger charge is 2.51. The molecule has 1 aliphatic rings. The van der Waals surface area contributed by atoms with Crippen molar-refractivity contribution in [2.75, 3.05) is 6.61 Å². The minimum absolute atomic E-state index is 0.165. The molecule has 1 saturated heterocycles. The standard InChI is InChI=1S/C13H26O6/c1-2-3-4-5-6-7-13(18)12(17)11(16)10(15)9(8-14)19-13/h9-12,14-18H,2-8H2,1H3/t9-,10-,11+,12+,13+/m1/s1. The second-order valence-corrected chi connectivity index (χ2v) is 5.27. The second-order valence-electron chi connectivity index (χ2n) is 5.27. The SMILES string of the molecule is CCCCCCC[C@]1(O)O[C@H](CO)[C@@H](O)[C@H](O)[C@@H]1O. The molecule has 0 aromatic carbocycles. The average molecular weight is 278 g/mol. The summed E-state index contributed by atoms with van der Waals surface area (Å²) in [5.41, 5.74) is 0. The fraction of sp³-hybridized carbons (Fsp3) is 1.00. The summed E-state index contributed by atoms with van der Waals surface area (Å²) in [4.78, 5) is 0. The fourth-order valence-corrected chi connectivity index (χ4v) is 2.41. The lowest BCUT2D eigenvalue weighted by Gasteiger charge is -2.45. The van der Waals surface area contributed by atoms with Crippen molar-refractivity contribution in [3.63, 3.8) is 0 Å². The molecule has 0 unspecified atom stereocenters. The first-order chi connectivity index (χ1) is 8.96. The first-order valence-corrected chi connectivity index (χ1v) is 7.01. The van der Waals surface area contributed by atoms with Crippen LogP contribution in [0.25, 0.3) is 0 Å². The van der Waals surface area contributed by atoms with Gasteiger partial charge in [-0.05, 0) is 6.42 Å². The topological polar surface area (TPSA) is 110 Å². The smallest absolute Gasteiger partial charge is 0.195 e. The monoisotopic (exact) mass is 278 g/mol. The second kappa shape index (κ2) is 7.52. The molecule has 1 fully saturated rings. The van der Waals surface area contributed by atoms with Crippen LogP contribution in [0.15, 0.2) is 0 Å². The third kappa shape index (κ3) is 4.11. The Labute approximate surface area is 113 Å². The van der Waals surface area contributed by atoms with Gasteiger partial charge in [0.15, 0.2) is 5.79 Å². The molecule has 6 nitrogen and oxygen atoms in total. The van der Waals surface area contributed by atoms with E-state index >= 15 is 0 Å². The van der Waals surface area contributed by atoms with E-state index in [-0.39, 0.29) is 6.42 Å². The predicted octanol–water partition coefficient (Wildman–Crippen LogP) is -0.491. The molecule has 19 heavy (non-hydrogen) atoms. The van der Waals surface area contributed by atoms with E-state index < -0.39 is 36.8 Å². The molecule has 0 radical (unpaired) electrons. The molecular weight excluding hydrogens is 252 g/mol. The van der Waals surface area contributed by atoms with Crippen LogP contribution in [0.4, 0.5) is 0 Å². The molecule has 0 aromatic rings. The number of hydrogen-bond donors (Lipinski definition) is 5. The van der Waals surface area contributed by atoms with Crippen LogP contribution in [0.3, 0.4) is 0 Å². The molecule has 6 heteroatoms. The number of ether oxygens (including phenoxy) is 1. The van der Waals surface area contributed by atoms with Crippen molar-refractivity contribution in [1.82, 2.24) is 0 Å². The van der Waals surface area contributed by atoms with E-state index in [1.165, 1.54) is 0 Å². The highest BCUT2D eigenvalue weighted by Crippen LogP contribution is 2.32. The maximum atomic E-state index is 10.2. The summed E-state index contributed by atoms with van der Waals surface area (Å²) >= 11 is 0. The van der Waals surface area contributed by atoms with Gasteiger partial charge in [-0.15, -0.1) is 0 Å². The Balaban J connectivity index is 2.52. The van der Waals surface area contributed by atoms with Gasteiger partial charge in [0, 0.05) is 6.42 Å². The summed E-state index contributed by atoms with van der Waals surface area (Å²) in [5.74, 6) is -1.90. The summed E-state index contributed by atoms with van der Waals surface area (Å²) in [6.07, 6.45) is -0.607. The quantitative estimate of drug-likeness (QED) is 0.402. The van der Waals surface area contributed by atoms with E-state index in [4.69, 9.17) is 9.84 Å². The highest BCUT2D eigenvalue weighted by molar-refractivity contribution is 4.95. The van der Waals surface area contributed by atoms with Crippen LogP contribution in [0, 0.1) is 0 Å². The molecular formula is C13H26O6. The number of hydrogen-bond acceptors (Lipinski definition) is 6. The lowest BCUT2D eigenvalue weighted by Crippen LogP contribution is -2.65. The van der Waals surface area contributed by atoms with Crippen LogP contribution in [-0.2, 0) is 4.74 Å². The highest BCUT2D eigenvalue weighted by atomic mass is 16.7. The molecule has 5 atom stereocenters. The van der Waals surface area contributed by atoms with Crippen LogP contribution in [0.2, 0.25) is 0 Å². The van der Waals surface area contributed by atoms with Crippen molar-refractivity contribution in [2.45, 2.75) is 75.7 Å². The first-order valence-electron chi connectivity index (χ1n) is 7.01. The molecule has 5 N–H and O–H groups in total. The summed E-state index contributed by atoms with van der Waals surface area (Å²) in [6, 6.07) is 0. The van der Waals surface area contributed by atoms with Gasteiger partial charge < -0.3 is 30.3 Å².